The molecule has 1 amide bonds. The van der Waals surface area contributed by atoms with Crippen LogP contribution in [0.5, 0.6) is 0 Å². The van der Waals surface area contributed by atoms with Gasteiger partial charge in [-0.2, -0.15) is 5.10 Å². The van der Waals surface area contributed by atoms with Crippen molar-refractivity contribution in [3.05, 3.63) is 35.6 Å². The average molecular weight is 460 g/mol. The van der Waals surface area contributed by atoms with Crippen LogP contribution in [0.25, 0.3) is 27.8 Å². The Morgan fingerprint density at radius 2 is 2.06 bits per heavy atom. The first-order chi connectivity index (χ1) is 15.2. The second kappa shape index (κ2) is 7.40. The minimum absolute atomic E-state index is 0.0195. The highest BCUT2D eigenvalue weighted by molar-refractivity contribution is 6.35. The summed E-state index contributed by atoms with van der Waals surface area (Å²) in [5.41, 5.74) is 1.97. The number of carbonyl (C=O) groups is 1. The molecular weight excluding hydrogens is 440 g/mol. The maximum absolute atomic E-state index is 15.3. The highest BCUT2D eigenvalue weighted by atomic mass is 35.5. The number of aryl methyl sites for hydroxylation is 1. The van der Waals surface area contributed by atoms with E-state index in [0.29, 0.717) is 27.8 Å². The number of nitrogens with one attached hydrogen (secondary N) is 2. The van der Waals surface area contributed by atoms with Crippen LogP contribution in [0, 0.1) is 11.7 Å². The third-order valence-electron chi connectivity index (χ3n) is 5.30. The normalized spacial score (nSPS) is 18.0. The molecule has 1 aliphatic rings. The fourth-order valence-electron chi connectivity index (χ4n) is 3.71. The largest absolute Gasteiger partial charge is 0.379 e. The Kier molecular flexibility index (Phi) is 4.77. The number of alkyl halides is 1. The van der Waals surface area contributed by atoms with Crippen LogP contribution >= 0.6 is 11.6 Å². The number of hydrogen-bond acceptors (Lipinski definition) is 5. The Balaban J connectivity index is 1.59. The summed E-state index contributed by atoms with van der Waals surface area (Å²) in [7, 11) is 1.75. The van der Waals surface area contributed by atoms with Gasteiger partial charge in [-0.1, -0.05) is 11.6 Å². The first-order valence-electron chi connectivity index (χ1n) is 10.1. The Morgan fingerprint density at radius 3 is 2.75 bits per heavy atom. The standard InChI is InChI=1S/C21H20ClF2N7O/c1-9(2)26-20-18(24)17(22)16(11-6-30(3)29-19(11)20)13-7-31-8-14(27-15(31)5-25-13)28-21(32)10-4-12(10)23/h5-10,12,26H,4H2,1-3H3,(H,28,32)/t10-,12+/m1/s1. The molecule has 4 aromatic rings. The molecule has 1 aromatic carbocycles. The third kappa shape index (κ3) is 3.44. The van der Waals surface area contributed by atoms with Crippen molar-refractivity contribution in [1.82, 2.24) is 24.1 Å². The molecule has 0 radical (unpaired) electrons. The molecule has 3 heterocycles. The minimum atomic E-state index is -1.09. The van der Waals surface area contributed by atoms with Crippen molar-refractivity contribution < 1.29 is 13.6 Å². The van der Waals surface area contributed by atoms with E-state index in [9.17, 15) is 9.18 Å². The summed E-state index contributed by atoms with van der Waals surface area (Å²) in [6.45, 7) is 3.80. The van der Waals surface area contributed by atoms with Crippen LogP contribution in [-0.2, 0) is 11.8 Å². The van der Waals surface area contributed by atoms with Crippen LogP contribution < -0.4 is 10.6 Å². The second-order valence-electron chi connectivity index (χ2n) is 8.25. The number of amides is 1. The quantitative estimate of drug-likeness (QED) is 0.467. The molecule has 11 heteroatoms. The zero-order chi connectivity index (χ0) is 22.7. The summed E-state index contributed by atoms with van der Waals surface area (Å²) in [5.74, 6) is -1.34. The van der Waals surface area contributed by atoms with Gasteiger partial charge < -0.3 is 15.0 Å². The van der Waals surface area contributed by atoms with E-state index in [2.05, 4.69) is 25.7 Å². The van der Waals surface area contributed by atoms with Crippen LogP contribution in [0.1, 0.15) is 20.3 Å². The van der Waals surface area contributed by atoms with Crippen molar-refractivity contribution in [3.8, 4) is 11.3 Å². The lowest BCUT2D eigenvalue weighted by Gasteiger charge is -2.15. The summed E-state index contributed by atoms with van der Waals surface area (Å²) in [5, 5.41) is 10.7. The first-order valence-corrected chi connectivity index (χ1v) is 10.5. The predicted octanol–water partition coefficient (Wildman–Crippen LogP) is 4.19. The maximum Gasteiger partial charge on any atom is 0.231 e. The van der Waals surface area contributed by atoms with Crippen LogP contribution in [0.15, 0.2) is 24.8 Å². The SMILES string of the molecule is CC(C)Nc1c(F)c(Cl)c(-c2cn3cc(NC(=O)[C@@H]4C[C@@H]4F)nc3cn2)c2cn(C)nc12. The van der Waals surface area contributed by atoms with Gasteiger partial charge in [0.25, 0.3) is 0 Å². The monoisotopic (exact) mass is 459 g/mol. The first kappa shape index (κ1) is 20.6. The summed E-state index contributed by atoms with van der Waals surface area (Å²) >= 11 is 6.48. The number of imidazole rings is 1. The molecule has 3 aromatic heterocycles. The van der Waals surface area contributed by atoms with Gasteiger partial charge in [-0.3, -0.25) is 14.5 Å². The minimum Gasteiger partial charge on any atom is -0.379 e. The number of anilines is 2. The van der Waals surface area contributed by atoms with Gasteiger partial charge in [0.05, 0.1) is 29.0 Å². The van der Waals surface area contributed by atoms with Gasteiger partial charge in [-0.25, -0.2) is 13.8 Å². The summed E-state index contributed by atoms with van der Waals surface area (Å²) in [4.78, 5) is 20.7. The van der Waals surface area contributed by atoms with Gasteiger partial charge in [0.1, 0.15) is 17.4 Å². The van der Waals surface area contributed by atoms with Crippen molar-refractivity contribution in [2.24, 2.45) is 13.0 Å². The Bertz CT molecular complexity index is 1380. The van der Waals surface area contributed by atoms with Crippen molar-refractivity contribution in [3.63, 3.8) is 0 Å². The van der Waals surface area contributed by atoms with Crippen LogP contribution in [-0.4, -0.2) is 42.3 Å². The summed E-state index contributed by atoms with van der Waals surface area (Å²) in [6.07, 6.45) is 5.64. The second-order valence-corrected chi connectivity index (χ2v) is 8.63. The molecule has 2 N–H and O–H groups in total. The van der Waals surface area contributed by atoms with E-state index in [1.54, 1.807) is 34.7 Å². The van der Waals surface area contributed by atoms with Gasteiger partial charge in [0, 0.05) is 36.4 Å². The zero-order valence-electron chi connectivity index (χ0n) is 17.5. The Hall–Kier alpha value is -3.27. The molecule has 2 atom stereocenters. The van der Waals surface area contributed by atoms with Crippen molar-refractivity contribution in [2.45, 2.75) is 32.5 Å². The number of fused-ring (bicyclic) bond motifs is 2. The molecule has 0 unspecified atom stereocenters. The van der Waals surface area contributed by atoms with Crippen molar-refractivity contribution in [2.75, 3.05) is 10.6 Å². The number of rotatable bonds is 5. The molecule has 0 aliphatic heterocycles. The van der Waals surface area contributed by atoms with Crippen LogP contribution in [0.2, 0.25) is 5.02 Å². The predicted molar refractivity (Wildman–Crippen MR) is 118 cm³/mol. The molecule has 0 bridgehead atoms. The summed E-state index contributed by atoms with van der Waals surface area (Å²) < 4.78 is 31.6. The molecule has 1 saturated carbocycles. The summed E-state index contributed by atoms with van der Waals surface area (Å²) in [6, 6.07) is -0.0195. The van der Waals surface area contributed by atoms with Gasteiger partial charge in [-0.15, -0.1) is 0 Å². The van der Waals surface area contributed by atoms with Gasteiger partial charge >= 0.3 is 0 Å². The molecule has 5 rings (SSSR count). The van der Waals surface area contributed by atoms with Crippen LogP contribution in [0.4, 0.5) is 20.3 Å². The fraction of sp³-hybridized carbons (Fsp3) is 0.333. The van der Waals surface area contributed by atoms with E-state index in [1.807, 2.05) is 13.8 Å². The van der Waals surface area contributed by atoms with E-state index in [-0.39, 0.29) is 29.0 Å². The number of carbonyl (C=O) groups excluding carboxylic acids is 1. The highest BCUT2D eigenvalue weighted by Gasteiger charge is 2.43. The number of benzene rings is 1. The van der Waals surface area contributed by atoms with E-state index < -0.39 is 23.8 Å². The fourth-order valence-corrected chi connectivity index (χ4v) is 4.00. The molecule has 0 saturated heterocycles. The van der Waals surface area contributed by atoms with Gasteiger partial charge in [-0.05, 0) is 20.3 Å². The molecular formula is C21H20ClF2N7O. The molecule has 0 spiro atoms. The van der Waals surface area contributed by atoms with E-state index in [0.717, 1.165) is 0 Å². The van der Waals surface area contributed by atoms with Crippen LogP contribution in [0.3, 0.4) is 0 Å². The van der Waals surface area contributed by atoms with Gasteiger partial charge in [0.15, 0.2) is 17.3 Å². The number of nitrogens with zero attached hydrogens (tertiary/aromatic N) is 5. The Labute approximate surface area is 186 Å². The lowest BCUT2D eigenvalue weighted by atomic mass is 10.1. The van der Waals surface area contributed by atoms with Crippen molar-refractivity contribution in [1.29, 1.82) is 0 Å². The van der Waals surface area contributed by atoms with E-state index in [1.165, 1.54) is 6.20 Å². The van der Waals surface area contributed by atoms with E-state index in [4.69, 9.17) is 11.6 Å². The zero-order valence-corrected chi connectivity index (χ0v) is 18.3. The molecule has 8 nitrogen and oxygen atoms in total. The molecule has 1 fully saturated rings. The van der Waals surface area contributed by atoms with Crippen molar-refractivity contribution >= 4 is 45.6 Å². The van der Waals surface area contributed by atoms with E-state index >= 15 is 4.39 Å². The topological polar surface area (TPSA) is 89.1 Å². The number of hydrogen-bond donors (Lipinski definition) is 2. The lowest BCUT2D eigenvalue weighted by Crippen LogP contribution is -2.15. The number of aromatic nitrogens is 5. The van der Waals surface area contributed by atoms with Gasteiger partial charge in [0.2, 0.25) is 5.91 Å². The highest BCUT2D eigenvalue weighted by Crippen LogP contribution is 2.41. The Morgan fingerprint density at radius 1 is 1.31 bits per heavy atom. The maximum atomic E-state index is 15.3. The molecule has 166 valence electrons. The molecule has 32 heavy (non-hydrogen) atoms. The third-order valence-corrected chi connectivity index (χ3v) is 5.65. The average Bonchev–Trinajstić information content (AvgIpc) is 3.14. The molecule has 1 aliphatic carbocycles. The smallest absolute Gasteiger partial charge is 0.231 e. The number of halogens is 3. The lowest BCUT2D eigenvalue weighted by molar-refractivity contribution is -0.117.